The number of carbonyl (C=O) groups excluding carboxylic acids is 1. The van der Waals surface area contributed by atoms with E-state index in [-0.39, 0.29) is 5.91 Å². The summed E-state index contributed by atoms with van der Waals surface area (Å²) in [6.45, 7) is 10.9. The lowest BCUT2D eigenvalue weighted by Gasteiger charge is -2.16. The van der Waals surface area contributed by atoms with Crippen LogP contribution in [0, 0.1) is 26.7 Å². The van der Waals surface area contributed by atoms with Crippen molar-refractivity contribution < 1.29 is 4.79 Å². The van der Waals surface area contributed by atoms with Crippen molar-refractivity contribution in [1.82, 2.24) is 5.32 Å². The summed E-state index contributed by atoms with van der Waals surface area (Å²) in [6.07, 6.45) is 0.720. The molecule has 0 aliphatic rings. The Hall–Kier alpha value is -1.35. The standard InChI is InChI=1S/C16H26N2O/c1-10(2)6-15(17)16(19)18-9-14-12(4)7-11(3)8-13(14)5/h7-8,10,15H,6,9,17H2,1-5H3,(H,18,19). The molecule has 0 saturated heterocycles. The molecular weight excluding hydrogens is 236 g/mol. The van der Waals surface area contributed by atoms with Crippen LogP contribution in [0.4, 0.5) is 0 Å². The molecule has 1 aromatic carbocycles. The summed E-state index contributed by atoms with van der Waals surface area (Å²) < 4.78 is 0. The van der Waals surface area contributed by atoms with Crippen LogP contribution in [0.3, 0.4) is 0 Å². The zero-order valence-corrected chi connectivity index (χ0v) is 12.7. The number of rotatable bonds is 5. The molecule has 0 fully saturated rings. The molecule has 0 saturated carbocycles. The molecule has 0 aliphatic heterocycles. The van der Waals surface area contributed by atoms with Crippen LogP contribution in [-0.4, -0.2) is 11.9 Å². The number of nitrogens with one attached hydrogen (secondary N) is 1. The van der Waals surface area contributed by atoms with Gasteiger partial charge in [-0.25, -0.2) is 0 Å². The van der Waals surface area contributed by atoms with Gasteiger partial charge in [-0.15, -0.1) is 0 Å². The summed E-state index contributed by atoms with van der Waals surface area (Å²) in [5, 5.41) is 2.94. The fourth-order valence-corrected chi connectivity index (χ4v) is 2.41. The minimum Gasteiger partial charge on any atom is -0.351 e. The van der Waals surface area contributed by atoms with Gasteiger partial charge in [-0.2, -0.15) is 0 Å². The number of hydrogen-bond donors (Lipinski definition) is 2. The van der Waals surface area contributed by atoms with Gasteiger partial charge >= 0.3 is 0 Å². The molecule has 0 aromatic heterocycles. The summed E-state index contributed by atoms with van der Waals surface area (Å²) in [5.41, 5.74) is 10.7. The van der Waals surface area contributed by atoms with E-state index < -0.39 is 6.04 Å². The van der Waals surface area contributed by atoms with E-state index in [0.717, 1.165) is 6.42 Å². The van der Waals surface area contributed by atoms with Crippen LogP contribution in [0.25, 0.3) is 0 Å². The summed E-state index contributed by atoms with van der Waals surface area (Å²) in [5.74, 6) is 0.372. The van der Waals surface area contributed by atoms with E-state index in [9.17, 15) is 4.79 Å². The lowest BCUT2D eigenvalue weighted by molar-refractivity contribution is -0.122. The van der Waals surface area contributed by atoms with Gasteiger partial charge in [0.15, 0.2) is 0 Å². The minimum absolute atomic E-state index is 0.0620. The Bertz CT molecular complexity index is 429. The SMILES string of the molecule is Cc1cc(C)c(CNC(=O)C(N)CC(C)C)c(C)c1. The lowest BCUT2D eigenvalue weighted by atomic mass is 9.99. The van der Waals surface area contributed by atoms with Gasteiger partial charge in [-0.3, -0.25) is 4.79 Å². The number of carbonyl (C=O) groups is 1. The second-order valence-corrected chi connectivity index (χ2v) is 5.83. The molecule has 3 nitrogen and oxygen atoms in total. The molecule has 3 heteroatoms. The molecule has 0 bridgehead atoms. The highest BCUT2D eigenvalue weighted by Crippen LogP contribution is 2.16. The van der Waals surface area contributed by atoms with Crippen LogP contribution >= 0.6 is 0 Å². The Morgan fingerprint density at radius 1 is 1.21 bits per heavy atom. The third kappa shape index (κ3) is 4.67. The van der Waals surface area contributed by atoms with E-state index in [1.807, 2.05) is 0 Å². The van der Waals surface area contributed by atoms with Crippen molar-refractivity contribution in [2.24, 2.45) is 11.7 Å². The van der Waals surface area contributed by atoms with Crippen molar-refractivity contribution in [2.75, 3.05) is 0 Å². The normalized spacial score (nSPS) is 12.6. The van der Waals surface area contributed by atoms with Gasteiger partial charge in [0.2, 0.25) is 5.91 Å². The van der Waals surface area contributed by atoms with Crippen LogP contribution in [0.1, 0.15) is 42.5 Å². The first-order valence-electron chi connectivity index (χ1n) is 6.91. The number of hydrogen-bond acceptors (Lipinski definition) is 2. The Balaban J connectivity index is 2.65. The molecule has 1 unspecified atom stereocenters. The highest BCUT2D eigenvalue weighted by molar-refractivity contribution is 5.81. The summed E-state index contributed by atoms with van der Waals surface area (Å²) >= 11 is 0. The van der Waals surface area contributed by atoms with Crippen molar-refractivity contribution in [3.63, 3.8) is 0 Å². The minimum atomic E-state index is -0.411. The van der Waals surface area contributed by atoms with E-state index >= 15 is 0 Å². The Morgan fingerprint density at radius 3 is 2.21 bits per heavy atom. The molecule has 0 spiro atoms. The maximum Gasteiger partial charge on any atom is 0.237 e. The highest BCUT2D eigenvalue weighted by Gasteiger charge is 2.15. The van der Waals surface area contributed by atoms with Crippen LogP contribution in [0.15, 0.2) is 12.1 Å². The molecule has 1 rings (SSSR count). The smallest absolute Gasteiger partial charge is 0.237 e. The molecule has 0 radical (unpaired) electrons. The lowest BCUT2D eigenvalue weighted by Crippen LogP contribution is -2.41. The highest BCUT2D eigenvalue weighted by atomic mass is 16.2. The zero-order chi connectivity index (χ0) is 14.6. The average molecular weight is 262 g/mol. The van der Waals surface area contributed by atoms with Crippen molar-refractivity contribution in [3.05, 3.63) is 34.4 Å². The molecule has 1 amide bonds. The van der Waals surface area contributed by atoms with Crippen LogP contribution in [0.5, 0.6) is 0 Å². The zero-order valence-electron chi connectivity index (χ0n) is 12.7. The first-order chi connectivity index (χ1) is 8.81. The van der Waals surface area contributed by atoms with Gasteiger partial charge in [0.1, 0.15) is 0 Å². The number of aryl methyl sites for hydroxylation is 3. The van der Waals surface area contributed by atoms with E-state index in [2.05, 4.69) is 52.1 Å². The summed E-state index contributed by atoms with van der Waals surface area (Å²) in [6, 6.07) is 3.87. The largest absolute Gasteiger partial charge is 0.351 e. The second-order valence-electron chi connectivity index (χ2n) is 5.83. The fraction of sp³-hybridized carbons (Fsp3) is 0.562. The number of benzene rings is 1. The average Bonchev–Trinajstić information content (AvgIpc) is 2.26. The maximum absolute atomic E-state index is 11.9. The van der Waals surface area contributed by atoms with Gasteiger partial charge in [0.25, 0.3) is 0 Å². The van der Waals surface area contributed by atoms with E-state index in [1.165, 1.54) is 22.3 Å². The van der Waals surface area contributed by atoms with Crippen LogP contribution in [0.2, 0.25) is 0 Å². The fourth-order valence-electron chi connectivity index (χ4n) is 2.41. The number of amides is 1. The molecular formula is C16H26N2O. The maximum atomic E-state index is 11.9. The van der Waals surface area contributed by atoms with Gasteiger partial charge < -0.3 is 11.1 Å². The van der Waals surface area contributed by atoms with Gasteiger partial charge in [0.05, 0.1) is 6.04 Å². The monoisotopic (exact) mass is 262 g/mol. The Labute approximate surface area is 116 Å². The summed E-state index contributed by atoms with van der Waals surface area (Å²) in [7, 11) is 0. The van der Waals surface area contributed by atoms with Gasteiger partial charge in [0, 0.05) is 6.54 Å². The Kier molecular flexibility index (Phi) is 5.55. The Morgan fingerprint density at radius 2 is 1.74 bits per heavy atom. The molecule has 3 N–H and O–H groups in total. The topological polar surface area (TPSA) is 55.1 Å². The van der Waals surface area contributed by atoms with Gasteiger partial charge in [-0.05, 0) is 49.8 Å². The van der Waals surface area contributed by atoms with E-state index in [1.54, 1.807) is 0 Å². The van der Waals surface area contributed by atoms with Crippen LogP contribution in [-0.2, 0) is 11.3 Å². The van der Waals surface area contributed by atoms with E-state index in [0.29, 0.717) is 12.5 Å². The van der Waals surface area contributed by atoms with E-state index in [4.69, 9.17) is 5.73 Å². The molecule has 1 atom stereocenters. The molecule has 1 aromatic rings. The predicted octanol–water partition coefficient (Wildman–Crippen LogP) is 2.60. The number of nitrogens with two attached hydrogens (primary N) is 1. The predicted molar refractivity (Wildman–Crippen MR) is 79.9 cm³/mol. The van der Waals surface area contributed by atoms with Crippen LogP contribution < -0.4 is 11.1 Å². The van der Waals surface area contributed by atoms with Crippen molar-refractivity contribution in [1.29, 1.82) is 0 Å². The van der Waals surface area contributed by atoms with Crippen molar-refractivity contribution in [3.8, 4) is 0 Å². The quantitative estimate of drug-likeness (QED) is 0.857. The first kappa shape index (κ1) is 15.7. The molecule has 0 aliphatic carbocycles. The molecule has 0 heterocycles. The molecule has 19 heavy (non-hydrogen) atoms. The van der Waals surface area contributed by atoms with Crippen molar-refractivity contribution >= 4 is 5.91 Å². The third-order valence-corrected chi connectivity index (χ3v) is 3.34. The molecule has 106 valence electrons. The van der Waals surface area contributed by atoms with Crippen molar-refractivity contribution in [2.45, 2.75) is 53.6 Å². The third-order valence-electron chi connectivity index (χ3n) is 3.34. The van der Waals surface area contributed by atoms with Gasteiger partial charge in [-0.1, -0.05) is 31.5 Å². The second kappa shape index (κ2) is 6.71. The first-order valence-corrected chi connectivity index (χ1v) is 6.91. The summed E-state index contributed by atoms with van der Waals surface area (Å²) in [4.78, 5) is 11.9.